The van der Waals surface area contributed by atoms with Crippen LogP contribution in [0.1, 0.15) is 58.3 Å². The summed E-state index contributed by atoms with van der Waals surface area (Å²) >= 11 is 1.14. The second-order valence-corrected chi connectivity index (χ2v) is 12.4. The van der Waals surface area contributed by atoms with Crippen LogP contribution >= 0.6 is 11.3 Å². The van der Waals surface area contributed by atoms with Crippen molar-refractivity contribution in [1.82, 2.24) is 24.1 Å². The van der Waals surface area contributed by atoms with Gasteiger partial charge in [-0.1, -0.05) is 32.1 Å². The fraction of sp³-hybridized carbons (Fsp3) is 0.467. The predicted molar refractivity (Wildman–Crippen MR) is 161 cm³/mol. The first-order valence-corrected chi connectivity index (χ1v) is 14.7. The monoisotopic (exact) mass is 613 g/mol. The number of fused-ring (bicyclic) bond motifs is 1. The summed E-state index contributed by atoms with van der Waals surface area (Å²) in [5.41, 5.74) is -1.97. The number of halogens is 1. The van der Waals surface area contributed by atoms with E-state index in [2.05, 4.69) is 10.2 Å². The molecule has 0 spiro atoms. The molecule has 3 heterocycles. The number of benzene rings is 1. The second-order valence-electron chi connectivity index (χ2n) is 11.5. The molecule has 0 radical (unpaired) electrons. The summed E-state index contributed by atoms with van der Waals surface area (Å²) in [5, 5.41) is 9.16. The van der Waals surface area contributed by atoms with Crippen molar-refractivity contribution in [3.8, 4) is 10.8 Å². The molecule has 230 valence electrons. The van der Waals surface area contributed by atoms with Crippen LogP contribution in [0.4, 0.5) is 4.39 Å². The fourth-order valence-electron chi connectivity index (χ4n) is 4.92. The number of rotatable bonds is 13. The topological polar surface area (TPSA) is 127 Å². The van der Waals surface area contributed by atoms with E-state index in [0.29, 0.717) is 26.7 Å². The van der Waals surface area contributed by atoms with E-state index in [-0.39, 0.29) is 36.7 Å². The molecule has 0 aliphatic carbocycles. The first-order valence-electron chi connectivity index (χ1n) is 13.9. The Morgan fingerprint density at radius 1 is 1.16 bits per heavy atom. The number of thiophene rings is 1. The molecule has 1 unspecified atom stereocenters. The van der Waals surface area contributed by atoms with E-state index >= 15 is 0 Å². The Bertz CT molecular complexity index is 1760. The average Bonchev–Trinajstić information content (AvgIpc) is 3.60. The Morgan fingerprint density at radius 3 is 2.44 bits per heavy atom. The second kappa shape index (κ2) is 12.7. The van der Waals surface area contributed by atoms with Crippen LogP contribution in [0.3, 0.4) is 0 Å². The number of aromatic nitrogens is 5. The largest absolute Gasteiger partial charge is 0.496 e. The van der Waals surface area contributed by atoms with Crippen LogP contribution in [0.25, 0.3) is 15.2 Å². The van der Waals surface area contributed by atoms with Crippen LogP contribution in [0.15, 0.2) is 40.2 Å². The van der Waals surface area contributed by atoms with Gasteiger partial charge in [0.05, 0.1) is 38.0 Å². The Hall–Kier alpha value is -3.97. The van der Waals surface area contributed by atoms with E-state index in [1.54, 1.807) is 27.7 Å². The van der Waals surface area contributed by atoms with Crippen molar-refractivity contribution >= 4 is 33.6 Å². The van der Waals surface area contributed by atoms with E-state index in [9.17, 15) is 23.6 Å². The van der Waals surface area contributed by atoms with Crippen LogP contribution in [0, 0.1) is 24.6 Å². The first kappa shape index (κ1) is 32.0. The van der Waals surface area contributed by atoms with Crippen molar-refractivity contribution in [2.45, 2.75) is 66.2 Å². The molecule has 0 N–H and O–H groups in total. The van der Waals surface area contributed by atoms with E-state index < -0.39 is 34.6 Å². The summed E-state index contributed by atoms with van der Waals surface area (Å²) in [4.78, 5) is 55.0. The molecule has 43 heavy (non-hydrogen) atoms. The van der Waals surface area contributed by atoms with Gasteiger partial charge in [-0.15, -0.1) is 4.80 Å². The number of nitrogens with zero attached hydrogens (tertiary/aromatic N) is 5. The number of hydrogen-bond acceptors (Lipinski definition) is 9. The summed E-state index contributed by atoms with van der Waals surface area (Å²) in [5.74, 6) is -0.976. The number of hydrogen-bond donors (Lipinski definition) is 0. The van der Waals surface area contributed by atoms with Crippen LogP contribution in [0.2, 0.25) is 0 Å². The molecule has 0 aliphatic rings. The highest BCUT2D eigenvalue weighted by molar-refractivity contribution is 7.21. The number of ketones is 1. The number of ether oxygens (including phenoxy) is 2. The van der Waals surface area contributed by atoms with Crippen molar-refractivity contribution < 1.29 is 23.5 Å². The van der Waals surface area contributed by atoms with Crippen molar-refractivity contribution in [3.63, 3.8) is 0 Å². The number of carbonyl (C=O) groups excluding carboxylic acids is 2. The van der Waals surface area contributed by atoms with Gasteiger partial charge in [0.2, 0.25) is 0 Å². The van der Waals surface area contributed by atoms with Gasteiger partial charge in [0.25, 0.3) is 5.56 Å². The standard InChI is InChI=1S/C30H36FN5O6S/c1-17(2)12-24(38)30(5,6)35-26(39)25-19(4)27(36-32-10-11-33-36)43-28(25)34(29(35)40)14-23(42-16-18(3)15-37)21-13-20(31)8-9-22(21)41-7/h8-11,13,15,17-18,23H,12,14,16H2,1-7H3/t18?,23-/m0/s1. The number of methoxy groups -OCH3 is 1. The van der Waals surface area contributed by atoms with Crippen LogP contribution in [0.5, 0.6) is 5.75 Å². The highest BCUT2D eigenvalue weighted by Crippen LogP contribution is 2.34. The van der Waals surface area contributed by atoms with E-state index in [4.69, 9.17) is 9.47 Å². The summed E-state index contributed by atoms with van der Waals surface area (Å²) in [7, 11) is 1.43. The lowest BCUT2D eigenvalue weighted by atomic mass is 9.91. The molecule has 0 saturated carbocycles. The van der Waals surface area contributed by atoms with Gasteiger partial charge in [-0.05, 0) is 44.9 Å². The molecule has 0 bridgehead atoms. The molecular formula is C30H36FN5O6S. The number of aryl methyl sites for hydroxylation is 1. The van der Waals surface area contributed by atoms with Crippen molar-refractivity contribution in [2.24, 2.45) is 11.8 Å². The molecule has 13 heteroatoms. The zero-order valence-corrected chi connectivity index (χ0v) is 26.1. The van der Waals surface area contributed by atoms with Gasteiger partial charge in [-0.2, -0.15) is 10.2 Å². The molecular weight excluding hydrogens is 577 g/mol. The summed E-state index contributed by atoms with van der Waals surface area (Å²) in [6.45, 7) is 10.1. The minimum absolute atomic E-state index is 0.00633. The van der Waals surface area contributed by atoms with Crippen molar-refractivity contribution in [2.75, 3.05) is 13.7 Å². The highest BCUT2D eigenvalue weighted by Gasteiger charge is 2.36. The first-order chi connectivity index (χ1) is 20.3. The van der Waals surface area contributed by atoms with Gasteiger partial charge in [0, 0.05) is 23.5 Å². The summed E-state index contributed by atoms with van der Waals surface area (Å²) < 4.78 is 28.5. The third-order valence-electron chi connectivity index (χ3n) is 7.30. The normalized spacial score (nSPS) is 13.4. The Labute approximate surface area is 251 Å². The average molecular weight is 614 g/mol. The number of Topliss-reactive ketones (excluding diaryl/α,β-unsaturated/α-hetero) is 1. The lowest BCUT2D eigenvalue weighted by molar-refractivity contribution is -0.127. The summed E-state index contributed by atoms with van der Waals surface area (Å²) in [6.07, 6.45) is 2.92. The minimum Gasteiger partial charge on any atom is -0.496 e. The number of carbonyl (C=O) groups is 2. The molecule has 1 aromatic carbocycles. The Kier molecular flexibility index (Phi) is 9.45. The Balaban J connectivity index is 2.03. The van der Waals surface area contributed by atoms with Gasteiger partial charge in [-0.25, -0.2) is 13.8 Å². The molecule has 0 fully saturated rings. The van der Waals surface area contributed by atoms with Crippen LogP contribution in [-0.4, -0.2) is 49.9 Å². The molecule has 3 aromatic heterocycles. The molecule has 2 atom stereocenters. The van der Waals surface area contributed by atoms with Gasteiger partial charge < -0.3 is 14.3 Å². The predicted octanol–water partition coefficient (Wildman–Crippen LogP) is 4.20. The number of aldehydes is 1. The maximum atomic E-state index is 14.5. The third kappa shape index (κ3) is 6.23. The van der Waals surface area contributed by atoms with E-state index in [1.165, 1.54) is 47.1 Å². The molecule has 0 aliphatic heterocycles. The van der Waals surface area contributed by atoms with Crippen LogP contribution in [-0.2, 0) is 26.4 Å². The van der Waals surface area contributed by atoms with E-state index in [0.717, 1.165) is 22.2 Å². The fourth-order valence-corrected chi connectivity index (χ4v) is 6.14. The Morgan fingerprint density at radius 2 is 1.84 bits per heavy atom. The lowest BCUT2D eigenvalue weighted by Crippen LogP contribution is -2.53. The van der Waals surface area contributed by atoms with Crippen LogP contribution < -0.4 is 16.0 Å². The van der Waals surface area contributed by atoms with Crippen molar-refractivity contribution in [3.05, 3.63) is 68.4 Å². The summed E-state index contributed by atoms with van der Waals surface area (Å²) in [6, 6.07) is 3.95. The maximum absolute atomic E-state index is 14.5. The van der Waals surface area contributed by atoms with Crippen molar-refractivity contribution in [1.29, 1.82) is 0 Å². The third-order valence-corrected chi connectivity index (χ3v) is 8.58. The van der Waals surface area contributed by atoms with E-state index in [1.807, 2.05) is 13.8 Å². The smallest absolute Gasteiger partial charge is 0.333 e. The molecule has 0 saturated heterocycles. The SMILES string of the molecule is COc1ccc(F)cc1[C@H](Cn1c(=O)n(C(C)(C)C(=O)CC(C)C)c(=O)c2c(C)c(-n3nccn3)sc21)OCC(C)C=O. The molecule has 0 amide bonds. The molecule has 4 rings (SSSR count). The zero-order valence-electron chi connectivity index (χ0n) is 25.3. The molecule has 4 aromatic rings. The quantitative estimate of drug-likeness (QED) is 0.205. The maximum Gasteiger partial charge on any atom is 0.333 e. The minimum atomic E-state index is -1.48. The molecule has 11 nitrogen and oxygen atoms in total. The van der Waals surface area contributed by atoms with Gasteiger partial charge in [0.1, 0.15) is 39.3 Å². The lowest BCUT2D eigenvalue weighted by Gasteiger charge is -2.28. The highest BCUT2D eigenvalue weighted by atomic mass is 32.1. The van der Waals surface area contributed by atoms with Gasteiger partial charge >= 0.3 is 5.69 Å². The van der Waals surface area contributed by atoms with Gasteiger partial charge in [-0.3, -0.25) is 14.2 Å². The zero-order chi connectivity index (χ0) is 31.6. The van der Waals surface area contributed by atoms with Gasteiger partial charge in [0.15, 0.2) is 5.78 Å².